The van der Waals surface area contributed by atoms with Crippen LogP contribution in [0.4, 0.5) is 0 Å². The van der Waals surface area contributed by atoms with Crippen LogP contribution in [0.15, 0.2) is 59.2 Å². The monoisotopic (exact) mass is 347 g/mol. The van der Waals surface area contributed by atoms with Gasteiger partial charge in [-0.15, -0.1) is 0 Å². The Morgan fingerprint density at radius 2 is 1.77 bits per heavy atom. The van der Waals surface area contributed by atoms with Crippen molar-refractivity contribution in [3.05, 3.63) is 60.4 Å². The summed E-state index contributed by atoms with van der Waals surface area (Å²) in [5.41, 5.74) is 3.84. The largest absolute Gasteiger partial charge is 0.464 e. The summed E-state index contributed by atoms with van der Waals surface area (Å²) < 4.78 is 11.2. The average Bonchev–Trinajstić information content (AvgIpc) is 3.14. The molecule has 1 spiro atoms. The third-order valence-corrected chi connectivity index (χ3v) is 5.82. The van der Waals surface area contributed by atoms with E-state index in [9.17, 15) is 4.79 Å². The van der Waals surface area contributed by atoms with E-state index in [1.165, 1.54) is 0 Å². The normalized spacial score (nSPS) is 18.8. The van der Waals surface area contributed by atoms with Crippen LogP contribution in [-0.2, 0) is 4.74 Å². The van der Waals surface area contributed by atoms with E-state index in [0.717, 1.165) is 66.6 Å². The van der Waals surface area contributed by atoms with Gasteiger partial charge in [-0.3, -0.25) is 4.79 Å². The zero-order valence-electron chi connectivity index (χ0n) is 14.6. The fourth-order valence-electron chi connectivity index (χ4n) is 4.06. The first-order valence-corrected chi connectivity index (χ1v) is 9.23. The number of amides is 1. The second-order valence-corrected chi connectivity index (χ2v) is 7.33. The molecule has 0 unspecified atom stereocenters. The van der Waals surface area contributed by atoms with Gasteiger partial charge >= 0.3 is 0 Å². The first-order valence-electron chi connectivity index (χ1n) is 9.23. The third-order valence-electron chi connectivity index (χ3n) is 5.82. The lowest BCUT2D eigenvalue weighted by molar-refractivity contribution is -0.169. The number of benzene rings is 2. The summed E-state index contributed by atoms with van der Waals surface area (Å²) in [5, 5.41) is 1.07. The summed E-state index contributed by atoms with van der Waals surface area (Å²) in [6.45, 7) is 2.44. The smallest absolute Gasteiger partial charge is 0.253 e. The zero-order valence-corrected chi connectivity index (χ0v) is 14.6. The Hall–Kier alpha value is -2.59. The molecule has 2 aliphatic heterocycles. The molecule has 3 heterocycles. The molecule has 1 amide bonds. The van der Waals surface area contributed by atoms with Gasteiger partial charge in [-0.1, -0.05) is 18.2 Å². The van der Waals surface area contributed by atoms with Crippen molar-refractivity contribution in [3.63, 3.8) is 0 Å². The highest BCUT2D eigenvalue weighted by Crippen LogP contribution is 2.37. The minimum atomic E-state index is 0.0681. The number of hydrogen-bond acceptors (Lipinski definition) is 3. The highest BCUT2D eigenvalue weighted by Gasteiger charge is 2.41. The molecule has 0 saturated carbocycles. The molecule has 4 nitrogen and oxygen atoms in total. The number of likely N-dealkylation sites (tertiary alicyclic amines) is 1. The number of furan rings is 1. The van der Waals surface area contributed by atoms with E-state index >= 15 is 0 Å². The number of ether oxygens (including phenoxy) is 1. The molecule has 0 aliphatic carbocycles. The molecule has 0 N–H and O–H groups in total. The minimum absolute atomic E-state index is 0.0681. The van der Waals surface area contributed by atoms with E-state index in [2.05, 4.69) is 6.07 Å². The van der Waals surface area contributed by atoms with Gasteiger partial charge in [-0.2, -0.15) is 0 Å². The van der Waals surface area contributed by atoms with Crippen LogP contribution in [0.25, 0.3) is 22.1 Å². The molecular formula is C22H21NO3. The Bertz CT molecular complexity index is 960. The van der Waals surface area contributed by atoms with Gasteiger partial charge in [0.1, 0.15) is 5.58 Å². The fraction of sp³-hybridized carbons (Fsp3) is 0.318. The van der Waals surface area contributed by atoms with Crippen LogP contribution < -0.4 is 0 Å². The second-order valence-electron chi connectivity index (χ2n) is 7.33. The highest BCUT2D eigenvalue weighted by atomic mass is 16.5. The molecule has 0 atom stereocenters. The Balaban J connectivity index is 1.38. The molecule has 0 bridgehead atoms. The standard InChI is InChI=1S/C22H21NO3/c24-21(23-10-7-22(8-11-23)9-13-26-22)19-3-1-2-16(15-19)17-4-5-20-18(14-17)6-12-25-20/h1-6,12,14-15H,7-11,13H2. The van der Waals surface area contributed by atoms with Crippen LogP contribution >= 0.6 is 0 Å². The molecule has 26 heavy (non-hydrogen) atoms. The quantitative estimate of drug-likeness (QED) is 0.686. The van der Waals surface area contributed by atoms with Gasteiger partial charge in [0, 0.05) is 24.0 Å². The summed E-state index contributed by atoms with van der Waals surface area (Å²) in [7, 11) is 0. The van der Waals surface area contributed by atoms with E-state index in [1.54, 1.807) is 6.26 Å². The summed E-state index contributed by atoms with van der Waals surface area (Å²) in [6, 6.07) is 16.0. The number of fused-ring (bicyclic) bond motifs is 1. The van der Waals surface area contributed by atoms with Crippen molar-refractivity contribution in [2.45, 2.75) is 24.9 Å². The molecule has 5 rings (SSSR count). The zero-order chi connectivity index (χ0) is 17.6. The van der Waals surface area contributed by atoms with E-state index in [4.69, 9.17) is 9.15 Å². The van der Waals surface area contributed by atoms with Crippen LogP contribution in [0, 0.1) is 0 Å². The predicted molar refractivity (Wildman–Crippen MR) is 100 cm³/mol. The van der Waals surface area contributed by atoms with Crippen molar-refractivity contribution in [1.82, 2.24) is 4.90 Å². The van der Waals surface area contributed by atoms with Gasteiger partial charge in [0.25, 0.3) is 5.91 Å². The Kier molecular flexibility index (Phi) is 3.61. The number of carbonyl (C=O) groups is 1. The molecule has 0 radical (unpaired) electrons. The summed E-state index contributed by atoms with van der Waals surface area (Å²) >= 11 is 0. The predicted octanol–water partition coefficient (Wildman–Crippen LogP) is 4.49. The van der Waals surface area contributed by atoms with Gasteiger partial charge in [0.2, 0.25) is 0 Å². The summed E-state index contributed by atoms with van der Waals surface area (Å²) in [6.07, 6.45) is 4.75. The van der Waals surface area contributed by atoms with Crippen LogP contribution in [0.1, 0.15) is 29.6 Å². The van der Waals surface area contributed by atoms with Crippen molar-refractivity contribution in [1.29, 1.82) is 0 Å². The number of hydrogen-bond donors (Lipinski definition) is 0. The van der Waals surface area contributed by atoms with Gasteiger partial charge < -0.3 is 14.1 Å². The molecule has 2 aliphatic rings. The van der Waals surface area contributed by atoms with E-state index in [0.29, 0.717) is 0 Å². The lowest BCUT2D eigenvalue weighted by atomic mass is 9.84. The molecular weight excluding hydrogens is 326 g/mol. The molecule has 2 fully saturated rings. The van der Waals surface area contributed by atoms with Crippen molar-refractivity contribution in [2.24, 2.45) is 0 Å². The minimum Gasteiger partial charge on any atom is -0.464 e. The van der Waals surface area contributed by atoms with E-state index in [-0.39, 0.29) is 11.5 Å². The van der Waals surface area contributed by atoms with Gasteiger partial charge in [0.05, 0.1) is 18.5 Å². The Labute approximate surface area is 152 Å². The van der Waals surface area contributed by atoms with Crippen molar-refractivity contribution in [2.75, 3.05) is 19.7 Å². The molecule has 1 aromatic heterocycles. The van der Waals surface area contributed by atoms with Crippen molar-refractivity contribution >= 4 is 16.9 Å². The molecule has 132 valence electrons. The Morgan fingerprint density at radius 1 is 0.962 bits per heavy atom. The third kappa shape index (κ3) is 2.61. The molecule has 3 aromatic rings. The number of nitrogens with zero attached hydrogens (tertiary/aromatic N) is 1. The number of carbonyl (C=O) groups excluding carboxylic acids is 1. The Morgan fingerprint density at radius 3 is 2.54 bits per heavy atom. The lowest BCUT2D eigenvalue weighted by Gasteiger charge is -2.47. The maximum absolute atomic E-state index is 12.9. The van der Waals surface area contributed by atoms with Gasteiger partial charge in [0.15, 0.2) is 0 Å². The SMILES string of the molecule is O=C(c1cccc(-c2ccc3occc3c2)c1)N1CCC2(CCO2)CC1. The lowest BCUT2D eigenvalue weighted by Crippen LogP contribution is -2.53. The number of rotatable bonds is 2. The summed E-state index contributed by atoms with van der Waals surface area (Å²) in [5.74, 6) is 0.116. The molecule has 4 heteroatoms. The molecule has 2 aromatic carbocycles. The number of piperidine rings is 1. The van der Waals surface area contributed by atoms with E-state index < -0.39 is 0 Å². The fourth-order valence-corrected chi connectivity index (χ4v) is 4.06. The summed E-state index contributed by atoms with van der Waals surface area (Å²) in [4.78, 5) is 14.9. The maximum Gasteiger partial charge on any atom is 0.253 e. The van der Waals surface area contributed by atoms with Crippen molar-refractivity contribution in [3.8, 4) is 11.1 Å². The van der Waals surface area contributed by atoms with Crippen LogP contribution in [0.5, 0.6) is 0 Å². The average molecular weight is 347 g/mol. The second kappa shape index (κ2) is 5.99. The van der Waals surface area contributed by atoms with Crippen molar-refractivity contribution < 1.29 is 13.9 Å². The maximum atomic E-state index is 12.9. The van der Waals surface area contributed by atoms with Crippen LogP contribution in [0.3, 0.4) is 0 Å². The van der Waals surface area contributed by atoms with Gasteiger partial charge in [-0.05, 0) is 60.7 Å². The van der Waals surface area contributed by atoms with Gasteiger partial charge in [-0.25, -0.2) is 0 Å². The molecule has 2 saturated heterocycles. The van der Waals surface area contributed by atoms with Crippen LogP contribution in [0.2, 0.25) is 0 Å². The van der Waals surface area contributed by atoms with Crippen LogP contribution in [-0.4, -0.2) is 36.1 Å². The van der Waals surface area contributed by atoms with E-state index in [1.807, 2.05) is 47.4 Å². The highest BCUT2D eigenvalue weighted by molar-refractivity contribution is 5.96. The first-order chi connectivity index (χ1) is 12.7. The first kappa shape index (κ1) is 15.6. The topological polar surface area (TPSA) is 42.7 Å².